The number of benzene rings is 4. The number of hydrogen-bond acceptors (Lipinski definition) is 6. The first-order valence-corrected chi connectivity index (χ1v) is 11.9. The van der Waals surface area contributed by atoms with Crippen molar-refractivity contribution in [2.75, 3.05) is 0 Å². The maximum Gasteiger partial charge on any atom is 0.343 e. The van der Waals surface area contributed by atoms with Crippen LogP contribution < -0.4 is 19.9 Å². The Balaban J connectivity index is 1.41. The minimum atomic E-state index is -0.642. The molecule has 0 aliphatic carbocycles. The minimum Gasteiger partial charge on any atom is -0.489 e. The molecule has 7 heteroatoms. The number of carbonyl (C=O) groups excluding carboxylic acids is 1. The Bertz CT molecular complexity index is 1570. The van der Waals surface area contributed by atoms with Gasteiger partial charge in [0, 0.05) is 11.6 Å². The molecule has 1 aliphatic rings. The van der Waals surface area contributed by atoms with Crippen molar-refractivity contribution in [3.05, 3.63) is 136 Å². The maximum atomic E-state index is 13.2. The first-order valence-electron chi connectivity index (χ1n) is 11.9. The second kappa shape index (κ2) is 10.5. The minimum absolute atomic E-state index is 0.0296. The van der Waals surface area contributed by atoms with Crippen LogP contribution in [0.3, 0.4) is 0 Å². The summed E-state index contributed by atoms with van der Waals surface area (Å²) < 4.78 is 30.4. The monoisotopic (exact) mass is 506 g/mol. The van der Waals surface area contributed by atoms with E-state index in [0.717, 1.165) is 11.1 Å². The quantitative estimate of drug-likeness (QED) is 0.249. The predicted octanol–water partition coefficient (Wildman–Crippen LogP) is 6.15. The zero-order valence-corrected chi connectivity index (χ0v) is 20.5. The van der Waals surface area contributed by atoms with Gasteiger partial charge in [0.1, 0.15) is 41.3 Å². The van der Waals surface area contributed by atoms with Crippen molar-refractivity contribution in [1.82, 2.24) is 0 Å². The average Bonchev–Trinajstić information content (AvgIpc) is 2.92. The second-order valence-corrected chi connectivity index (χ2v) is 8.87. The molecule has 0 fully saturated rings. The van der Waals surface area contributed by atoms with Crippen LogP contribution in [0, 0.1) is 24.1 Å². The number of allylic oxidation sites excluding steroid dienone is 1. The SMILES string of the molecule is Cc1ccc(COc2cccc(C3C(C#N)=C(N)Oc4cc(OC(=O)c5ccc(F)cc5)ccc43)c2)cc1. The zero-order chi connectivity index (χ0) is 26.6. The molecule has 0 bridgehead atoms. The third kappa shape index (κ3) is 5.20. The maximum absolute atomic E-state index is 13.2. The van der Waals surface area contributed by atoms with Gasteiger partial charge in [0.15, 0.2) is 0 Å². The van der Waals surface area contributed by atoms with E-state index in [1.165, 1.54) is 29.8 Å². The Kier molecular flexibility index (Phi) is 6.79. The Morgan fingerprint density at radius 3 is 2.50 bits per heavy atom. The lowest BCUT2D eigenvalue weighted by molar-refractivity contribution is 0.0734. The fourth-order valence-corrected chi connectivity index (χ4v) is 4.23. The van der Waals surface area contributed by atoms with Crippen molar-refractivity contribution in [3.8, 4) is 23.3 Å². The highest BCUT2D eigenvalue weighted by atomic mass is 19.1. The summed E-state index contributed by atoms with van der Waals surface area (Å²) >= 11 is 0. The first-order chi connectivity index (χ1) is 18.4. The van der Waals surface area contributed by atoms with Gasteiger partial charge in [-0.25, -0.2) is 9.18 Å². The lowest BCUT2D eigenvalue weighted by atomic mass is 9.83. The summed E-state index contributed by atoms with van der Waals surface area (Å²) in [6.07, 6.45) is 0. The molecule has 2 N–H and O–H groups in total. The second-order valence-electron chi connectivity index (χ2n) is 8.87. The van der Waals surface area contributed by atoms with Crippen LogP contribution in [-0.4, -0.2) is 5.97 Å². The Morgan fingerprint density at radius 2 is 1.76 bits per heavy atom. The van der Waals surface area contributed by atoms with E-state index in [4.69, 9.17) is 19.9 Å². The molecule has 1 aliphatic heterocycles. The number of ether oxygens (including phenoxy) is 3. The van der Waals surface area contributed by atoms with Crippen molar-refractivity contribution in [3.63, 3.8) is 0 Å². The van der Waals surface area contributed by atoms with Crippen LogP contribution in [0.15, 0.2) is 102 Å². The van der Waals surface area contributed by atoms with Crippen molar-refractivity contribution < 1.29 is 23.4 Å². The van der Waals surface area contributed by atoms with Gasteiger partial charge in [0.25, 0.3) is 0 Å². The van der Waals surface area contributed by atoms with Crippen molar-refractivity contribution >= 4 is 5.97 Å². The van der Waals surface area contributed by atoms with E-state index >= 15 is 0 Å². The van der Waals surface area contributed by atoms with Crippen LogP contribution in [0.5, 0.6) is 17.2 Å². The molecule has 0 saturated heterocycles. The van der Waals surface area contributed by atoms with Gasteiger partial charge >= 0.3 is 5.97 Å². The molecule has 5 rings (SSSR count). The lowest BCUT2D eigenvalue weighted by Crippen LogP contribution is -2.21. The average molecular weight is 507 g/mol. The van der Waals surface area contributed by atoms with Gasteiger partial charge in [-0.1, -0.05) is 48.0 Å². The van der Waals surface area contributed by atoms with Gasteiger partial charge in [-0.15, -0.1) is 0 Å². The zero-order valence-electron chi connectivity index (χ0n) is 20.5. The number of rotatable bonds is 6. The van der Waals surface area contributed by atoms with E-state index in [1.807, 2.05) is 55.5 Å². The van der Waals surface area contributed by atoms with Crippen molar-refractivity contribution in [2.45, 2.75) is 19.4 Å². The topological polar surface area (TPSA) is 94.6 Å². The van der Waals surface area contributed by atoms with Gasteiger partial charge < -0.3 is 19.9 Å². The van der Waals surface area contributed by atoms with E-state index < -0.39 is 17.7 Å². The van der Waals surface area contributed by atoms with Crippen LogP contribution in [-0.2, 0) is 6.61 Å². The lowest BCUT2D eigenvalue weighted by Gasteiger charge is -2.27. The van der Waals surface area contributed by atoms with Crippen LogP contribution >= 0.6 is 0 Å². The summed E-state index contributed by atoms with van der Waals surface area (Å²) in [7, 11) is 0. The normalized spacial score (nSPS) is 14.2. The Morgan fingerprint density at radius 1 is 1.00 bits per heavy atom. The summed E-state index contributed by atoms with van der Waals surface area (Å²) in [5, 5.41) is 9.89. The van der Waals surface area contributed by atoms with Crippen molar-refractivity contribution in [2.24, 2.45) is 5.73 Å². The fraction of sp³-hybridized carbons (Fsp3) is 0.0968. The summed E-state index contributed by atoms with van der Waals surface area (Å²) in [4.78, 5) is 12.5. The highest BCUT2D eigenvalue weighted by Gasteiger charge is 2.31. The van der Waals surface area contributed by atoms with Crippen LogP contribution in [0.25, 0.3) is 0 Å². The van der Waals surface area contributed by atoms with Gasteiger partial charge in [-0.3, -0.25) is 0 Å². The summed E-state index contributed by atoms with van der Waals surface area (Å²) in [5.41, 5.74) is 10.3. The number of nitrogens with two attached hydrogens (primary N) is 1. The molecule has 0 spiro atoms. The van der Waals surface area contributed by atoms with Crippen LogP contribution in [0.1, 0.15) is 38.5 Å². The molecule has 6 nitrogen and oxygen atoms in total. The van der Waals surface area contributed by atoms with Crippen LogP contribution in [0.2, 0.25) is 0 Å². The summed E-state index contributed by atoms with van der Waals surface area (Å²) in [6.45, 7) is 2.43. The van der Waals surface area contributed by atoms with Gasteiger partial charge in [-0.2, -0.15) is 5.26 Å². The van der Waals surface area contributed by atoms with Crippen LogP contribution in [0.4, 0.5) is 4.39 Å². The Hall–Kier alpha value is -5.09. The van der Waals surface area contributed by atoms with Gasteiger partial charge in [0.05, 0.1) is 11.5 Å². The molecule has 4 aromatic carbocycles. The number of fused-ring (bicyclic) bond motifs is 1. The van der Waals surface area contributed by atoms with Gasteiger partial charge in [0.2, 0.25) is 5.88 Å². The largest absolute Gasteiger partial charge is 0.489 e. The third-order valence-corrected chi connectivity index (χ3v) is 6.20. The molecule has 1 unspecified atom stereocenters. The van der Waals surface area contributed by atoms with E-state index in [9.17, 15) is 14.4 Å². The highest BCUT2D eigenvalue weighted by Crippen LogP contribution is 2.44. The third-order valence-electron chi connectivity index (χ3n) is 6.20. The predicted molar refractivity (Wildman–Crippen MR) is 139 cm³/mol. The molecule has 0 aromatic heterocycles. The standard InChI is InChI=1S/C31H23FN2O4/c1-19-5-7-20(8-6-19)18-36-24-4-2-3-22(15-24)29-26-14-13-25(16-28(26)38-30(34)27(29)17-33)37-31(35)21-9-11-23(32)12-10-21/h2-16,29H,18,34H2,1H3. The number of aryl methyl sites for hydroxylation is 1. The molecule has 0 radical (unpaired) electrons. The van der Waals surface area contributed by atoms with Gasteiger partial charge in [-0.05, 0) is 60.5 Å². The smallest absolute Gasteiger partial charge is 0.343 e. The summed E-state index contributed by atoms with van der Waals surface area (Å²) in [6, 6.07) is 27.7. The number of nitrogens with zero attached hydrogens (tertiary/aromatic N) is 1. The fourth-order valence-electron chi connectivity index (χ4n) is 4.23. The number of esters is 1. The van der Waals surface area contributed by atoms with Crippen molar-refractivity contribution in [1.29, 1.82) is 5.26 Å². The summed E-state index contributed by atoms with van der Waals surface area (Å²) in [5.74, 6) is -0.391. The number of hydrogen-bond donors (Lipinski definition) is 1. The van der Waals surface area contributed by atoms with E-state index in [2.05, 4.69) is 6.07 Å². The number of nitriles is 1. The first kappa shape index (κ1) is 24.6. The van der Waals surface area contributed by atoms with E-state index in [-0.39, 0.29) is 22.8 Å². The molecule has 4 aromatic rings. The molecule has 1 heterocycles. The molecule has 0 saturated carbocycles. The number of carbonyl (C=O) groups is 1. The van der Waals surface area contributed by atoms with E-state index in [1.54, 1.807) is 18.2 Å². The highest BCUT2D eigenvalue weighted by molar-refractivity contribution is 5.91. The molecule has 188 valence electrons. The molecule has 0 amide bonds. The number of halogens is 1. The van der Waals surface area contributed by atoms with E-state index in [0.29, 0.717) is 23.7 Å². The molecular formula is C31H23FN2O4. The molecule has 38 heavy (non-hydrogen) atoms. The molecule has 1 atom stereocenters. The Labute approximate surface area is 219 Å². The molecular weight excluding hydrogens is 483 g/mol.